The van der Waals surface area contributed by atoms with Crippen LogP contribution in [0.25, 0.3) is 10.6 Å². The van der Waals surface area contributed by atoms with Crippen LogP contribution in [0.5, 0.6) is 0 Å². The summed E-state index contributed by atoms with van der Waals surface area (Å²) in [5.74, 6) is 0. The van der Waals surface area contributed by atoms with Gasteiger partial charge in [0.1, 0.15) is 5.01 Å². The summed E-state index contributed by atoms with van der Waals surface area (Å²) in [4.78, 5) is 27.1. The number of nitro benzene ring substituents is 1. The lowest BCUT2D eigenvalue weighted by molar-refractivity contribution is -0.385. The molecular formula is C20H20N4O3S. The molecule has 2 N–H and O–H groups in total. The highest BCUT2D eigenvalue weighted by atomic mass is 32.1. The number of benzene rings is 2. The minimum Gasteiger partial charge on any atom is -0.337 e. The average Bonchev–Trinajstić information content (AvgIpc) is 3.12. The number of aryl methyl sites for hydroxylation is 2. The molecule has 0 aliphatic heterocycles. The van der Waals surface area contributed by atoms with Crippen molar-refractivity contribution in [1.82, 2.24) is 10.3 Å². The Morgan fingerprint density at radius 3 is 2.64 bits per heavy atom. The number of anilines is 1. The van der Waals surface area contributed by atoms with Crippen molar-refractivity contribution in [2.45, 2.75) is 20.3 Å². The van der Waals surface area contributed by atoms with Crippen LogP contribution in [-0.2, 0) is 6.42 Å². The molecule has 2 aromatic carbocycles. The number of urea groups is 1. The van der Waals surface area contributed by atoms with Gasteiger partial charge in [-0.1, -0.05) is 35.9 Å². The van der Waals surface area contributed by atoms with E-state index in [0.29, 0.717) is 24.2 Å². The summed E-state index contributed by atoms with van der Waals surface area (Å²) in [6.45, 7) is 4.11. The zero-order valence-electron chi connectivity index (χ0n) is 15.6. The molecule has 1 aromatic heterocycles. The first-order valence-corrected chi connectivity index (χ1v) is 9.61. The van der Waals surface area contributed by atoms with Crippen molar-refractivity contribution in [3.63, 3.8) is 0 Å². The lowest BCUT2D eigenvalue weighted by Crippen LogP contribution is -2.30. The van der Waals surface area contributed by atoms with Crippen molar-refractivity contribution in [2.75, 3.05) is 11.9 Å². The van der Waals surface area contributed by atoms with E-state index in [1.807, 2.05) is 24.4 Å². The maximum atomic E-state index is 12.0. The number of amides is 2. The van der Waals surface area contributed by atoms with Crippen LogP contribution in [0, 0.1) is 24.0 Å². The summed E-state index contributed by atoms with van der Waals surface area (Å²) >= 11 is 1.57. The molecule has 0 unspecified atom stereocenters. The molecule has 3 aromatic rings. The van der Waals surface area contributed by atoms with Crippen molar-refractivity contribution >= 4 is 28.7 Å². The van der Waals surface area contributed by atoms with Gasteiger partial charge in [0.15, 0.2) is 0 Å². The Kier molecular flexibility index (Phi) is 6.00. The molecule has 144 valence electrons. The van der Waals surface area contributed by atoms with E-state index in [-0.39, 0.29) is 5.69 Å². The molecule has 0 atom stereocenters. The van der Waals surface area contributed by atoms with Crippen molar-refractivity contribution in [1.29, 1.82) is 0 Å². The molecule has 0 aliphatic carbocycles. The fourth-order valence-electron chi connectivity index (χ4n) is 2.61. The van der Waals surface area contributed by atoms with Crippen LogP contribution in [0.15, 0.2) is 47.8 Å². The number of aromatic nitrogens is 1. The number of hydrogen-bond acceptors (Lipinski definition) is 5. The first-order chi connectivity index (χ1) is 13.4. The van der Waals surface area contributed by atoms with E-state index in [2.05, 4.69) is 27.8 Å². The number of hydrogen-bond donors (Lipinski definition) is 2. The topological polar surface area (TPSA) is 97.2 Å². The summed E-state index contributed by atoms with van der Waals surface area (Å²) in [6, 6.07) is 12.4. The lowest BCUT2D eigenvalue weighted by atomic mass is 10.2. The Morgan fingerprint density at radius 2 is 1.93 bits per heavy atom. The molecule has 2 amide bonds. The summed E-state index contributed by atoms with van der Waals surface area (Å²) in [6.07, 6.45) is 0.601. The number of rotatable bonds is 6. The zero-order valence-corrected chi connectivity index (χ0v) is 16.4. The second-order valence-electron chi connectivity index (χ2n) is 6.40. The van der Waals surface area contributed by atoms with Crippen LogP contribution in [0.4, 0.5) is 16.2 Å². The first kappa shape index (κ1) is 19.5. The van der Waals surface area contributed by atoms with Crippen LogP contribution in [0.2, 0.25) is 0 Å². The van der Waals surface area contributed by atoms with E-state index in [1.165, 1.54) is 11.6 Å². The second kappa shape index (κ2) is 8.62. The van der Waals surface area contributed by atoms with Gasteiger partial charge in [0.05, 0.1) is 10.6 Å². The quantitative estimate of drug-likeness (QED) is 0.466. The normalized spacial score (nSPS) is 10.5. The Hall–Kier alpha value is -3.26. The molecule has 0 spiro atoms. The maximum absolute atomic E-state index is 12.0. The van der Waals surface area contributed by atoms with E-state index in [1.54, 1.807) is 30.4 Å². The predicted molar refractivity (Wildman–Crippen MR) is 111 cm³/mol. The van der Waals surface area contributed by atoms with Crippen molar-refractivity contribution in [2.24, 2.45) is 0 Å². The standard InChI is InChI=1S/C20H20N4O3S/c1-13-3-6-15(7-4-13)19-22-17(12-28-19)9-10-21-20(25)23-16-8-5-14(2)18(11-16)24(26)27/h3-8,11-12H,9-10H2,1-2H3,(H2,21,23,25). The highest BCUT2D eigenvalue weighted by Gasteiger charge is 2.12. The number of nitrogens with zero attached hydrogens (tertiary/aromatic N) is 2. The molecule has 28 heavy (non-hydrogen) atoms. The maximum Gasteiger partial charge on any atom is 0.319 e. The van der Waals surface area contributed by atoms with Gasteiger partial charge in [-0.15, -0.1) is 11.3 Å². The van der Waals surface area contributed by atoms with Crippen LogP contribution in [0.1, 0.15) is 16.8 Å². The number of carbonyl (C=O) groups excluding carboxylic acids is 1. The minimum atomic E-state index is -0.466. The third kappa shape index (κ3) is 4.92. The fourth-order valence-corrected chi connectivity index (χ4v) is 3.47. The van der Waals surface area contributed by atoms with Gasteiger partial charge in [0, 0.05) is 41.2 Å². The van der Waals surface area contributed by atoms with Crippen LogP contribution in [0.3, 0.4) is 0 Å². The molecule has 0 aliphatic rings. The Morgan fingerprint density at radius 1 is 1.18 bits per heavy atom. The monoisotopic (exact) mass is 396 g/mol. The minimum absolute atomic E-state index is 0.0242. The van der Waals surface area contributed by atoms with Crippen molar-refractivity contribution < 1.29 is 9.72 Å². The van der Waals surface area contributed by atoms with Crippen LogP contribution < -0.4 is 10.6 Å². The lowest BCUT2D eigenvalue weighted by Gasteiger charge is -2.07. The highest BCUT2D eigenvalue weighted by Crippen LogP contribution is 2.24. The van der Waals surface area contributed by atoms with E-state index >= 15 is 0 Å². The summed E-state index contributed by atoms with van der Waals surface area (Å²) < 4.78 is 0. The third-order valence-corrected chi connectivity index (χ3v) is 5.12. The van der Waals surface area contributed by atoms with Gasteiger partial charge in [-0.3, -0.25) is 10.1 Å². The van der Waals surface area contributed by atoms with Crippen molar-refractivity contribution in [3.8, 4) is 10.6 Å². The summed E-state index contributed by atoms with van der Waals surface area (Å²) in [7, 11) is 0. The van der Waals surface area contributed by atoms with Gasteiger partial charge in [-0.25, -0.2) is 9.78 Å². The molecule has 0 saturated carbocycles. The first-order valence-electron chi connectivity index (χ1n) is 8.74. The Balaban J connectivity index is 1.51. The molecule has 0 radical (unpaired) electrons. The average molecular weight is 396 g/mol. The smallest absolute Gasteiger partial charge is 0.319 e. The largest absolute Gasteiger partial charge is 0.337 e. The molecule has 1 heterocycles. The highest BCUT2D eigenvalue weighted by molar-refractivity contribution is 7.13. The third-order valence-electron chi connectivity index (χ3n) is 4.18. The van der Waals surface area contributed by atoms with E-state index in [9.17, 15) is 14.9 Å². The van der Waals surface area contributed by atoms with Gasteiger partial charge in [0.2, 0.25) is 0 Å². The molecule has 7 nitrogen and oxygen atoms in total. The number of thiazole rings is 1. The van der Waals surface area contributed by atoms with Crippen LogP contribution >= 0.6 is 11.3 Å². The van der Waals surface area contributed by atoms with Gasteiger partial charge < -0.3 is 10.6 Å². The molecule has 3 rings (SSSR count). The molecular weight excluding hydrogens is 376 g/mol. The molecule has 0 saturated heterocycles. The Labute approximate surface area is 166 Å². The van der Waals surface area contributed by atoms with E-state index < -0.39 is 11.0 Å². The predicted octanol–water partition coefficient (Wildman–Crippen LogP) is 4.70. The second-order valence-corrected chi connectivity index (χ2v) is 7.26. The van der Waals surface area contributed by atoms with Crippen LogP contribution in [-0.4, -0.2) is 22.5 Å². The number of nitro groups is 1. The van der Waals surface area contributed by atoms with Gasteiger partial charge >= 0.3 is 6.03 Å². The molecule has 0 fully saturated rings. The Bertz CT molecular complexity index is 999. The van der Waals surface area contributed by atoms with Crippen molar-refractivity contribution in [3.05, 3.63) is 74.8 Å². The summed E-state index contributed by atoms with van der Waals surface area (Å²) in [5.41, 5.74) is 4.09. The van der Waals surface area contributed by atoms with Gasteiger partial charge in [-0.05, 0) is 19.9 Å². The van der Waals surface area contributed by atoms with E-state index in [0.717, 1.165) is 16.3 Å². The fraction of sp³-hybridized carbons (Fsp3) is 0.200. The van der Waals surface area contributed by atoms with Gasteiger partial charge in [-0.2, -0.15) is 0 Å². The molecule has 8 heteroatoms. The number of nitrogens with one attached hydrogen (secondary N) is 2. The SMILES string of the molecule is Cc1ccc(-c2nc(CCNC(=O)Nc3ccc(C)c([N+](=O)[O-])c3)cs2)cc1. The summed E-state index contributed by atoms with van der Waals surface area (Å²) in [5, 5.41) is 19.3. The molecule has 0 bridgehead atoms. The number of carbonyl (C=O) groups is 1. The zero-order chi connectivity index (χ0) is 20.1. The van der Waals surface area contributed by atoms with Gasteiger partial charge in [0.25, 0.3) is 5.69 Å². The van der Waals surface area contributed by atoms with E-state index in [4.69, 9.17) is 0 Å².